The number of hydrogen-bond donors (Lipinski definition) is 2. The van der Waals surface area contributed by atoms with E-state index in [1.165, 1.54) is 0 Å². The first-order chi connectivity index (χ1) is 6.68. The lowest BCUT2D eigenvalue weighted by molar-refractivity contribution is -0.138. The quantitative estimate of drug-likeness (QED) is 0.725. The summed E-state index contributed by atoms with van der Waals surface area (Å²) in [4.78, 5) is 10.6. The predicted octanol–water partition coefficient (Wildman–Crippen LogP) is 0.706. The molecule has 0 radical (unpaired) electrons. The lowest BCUT2D eigenvalue weighted by Crippen LogP contribution is -2.20. The summed E-state index contributed by atoms with van der Waals surface area (Å²) in [5, 5.41) is 8.73. The van der Waals surface area contributed by atoms with Crippen LogP contribution in [0.2, 0.25) is 0 Å². The summed E-state index contributed by atoms with van der Waals surface area (Å²) in [5.41, 5.74) is 7.16. The van der Waals surface area contributed by atoms with Crippen LogP contribution < -0.4 is 10.5 Å². The molecule has 0 fully saturated rings. The first-order valence-electron chi connectivity index (χ1n) is 4.42. The Morgan fingerprint density at radius 1 is 1.57 bits per heavy atom. The molecule has 3 N–H and O–H groups in total. The number of carbonyl (C=O) groups is 1. The Balaban J connectivity index is 2.33. The Kier molecular flexibility index (Phi) is 2.13. The van der Waals surface area contributed by atoms with Gasteiger partial charge in [-0.1, -0.05) is 6.07 Å². The Morgan fingerprint density at radius 3 is 3.07 bits per heavy atom. The van der Waals surface area contributed by atoms with E-state index in [2.05, 4.69) is 0 Å². The maximum absolute atomic E-state index is 10.6. The van der Waals surface area contributed by atoms with Crippen molar-refractivity contribution < 1.29 is 14.6 Å². The van der Waals surface area contributed by atoms with E-state index < -0.39 is 12.0 Å². The molecule has 4 nitrogen and oxygen atoms in total. The summed E-state index contributed by atoms with van der Waals surface area (Å²) in [6, 6.07) is 4.34. The maximum atomic E-state index is 10.6. The van der Waals surface area contributed by atoms with E-state index in [4.69, 9.17) is 15.6 Å². The molecular formula is C10H11NO3. The van der Waals surface area contributed by atoms with Gasteiger partial charge in [0, 0.05) is 6.42 Å². The second-order valence-corrected chi connectivity index (χ2v) is 3.28. The summed E-state index contributed by atoms with van der Waals surface area (Å²) < 4.78 is 5.31. The van der Waals surface area contributed by atoms with Gasteiger partial charge < -0.3 is 15.6 Å². The van der Waals surface area contributed by atoms with Gasteiger partial charge in [0.1, 0.15) is 11.8 Å². The molecule has 1 aliphatic rings. The van der Waals surface area contributed by atoms with E-state index in [0.717, 1.165) is 17.7 Å². The van der Waals surface area contributed by atoms with Crippen molar-refractivity contribution in [1.82, 2.24) is 0 Å². The van der Waals surface area contributed by atoms with Crippen LogP contribution in [0, 0.1) is 0 Å². The molecule has 1 aromatic carbocycles. The summed E-state index contributed by atoms with van der Waals surface area (Å²) in [5.74, 6) is -0.171. The minimum Gasteiger partial charge on any atom is -0.493 e. The van der Waals surface area contributed by atoms with Crippen LogP contribution in [0.5, 0.6) is 5.75 Å². The SMILES string of the molecule is N[C@@H](C(=O)O)c1ccc2c(c1)CCO2. The maximum Gasteiger partial charge on any atom is 0.325 e. The Morgan fingerprint density at radius 2 is 2.36 bits per heavy atom. The van der Waals surface area contributed by atoms with Crippen molar-refractivity contribution in [2.75, 3.05) is 6.61 Å². The number of benzene rings is 1. The minimum absolute atomic E-state index is 0.627. The molecule has 1 aromatic rings. The van der Waals surface area contributed by atoms with Gasteiger partial charge in [0.05, 0.1) is 6.61 Å². The first kappa shape index (κ1) is 9.02. The van der Waals surface area contributed by atoms with Gasteiger partial charge in [-0.25, -0.2) is 0 Å². The molecule has 1 atom stereocenters. The van der Waals surface area contributed by atoms with Crippen LogP contribution in [-0.4, -0.2) is 17.7 Å². The first-order valence-corrected chi connectivity index (χ1v) is 4.42. The molecule has 0 saturated heterocycles. The predicted molar refractivity (Wildman–Crippen MR) is 50.2 cm³/mol. The van der Waals surface area contributed by atoms with Crippen molar-refractivity contribution in [2.24, 2.45) is 5.73 Å². The topological polar surface area (TPSA) is 72.6 Å². The van der Waals surface area contributed by atoms with Gasteiger partial charge in [-0.15, -0.1) is 0 Å². The molecule has 0 amide bonds. The van der Waals surface area contributed by atoms with Gasteiger partial charge in [0.25, 0.3) is 0 Å². The number of carboxylic acids is 1. The molecule has 4 heteroatoms. The number of ether oxygens (including phenoxy) is 1. The van der Waals surface area contributed by atoms with E-state index in [1.807, 2.05) is 0 Å². The number of aliphatic carboxylic acids is 1. The molecule has 0 aliphatic carbocycles. The average Bonchev–Trinajstić information content (AvgIpc) is 2.62. The van der Waals surface area contributed by atoms with Crippen molar-refractivity contribution in [3.05, 3.63) is 29.3 Å². The van der Waals surface area contributed by atoms with Gasteiger partial charge >= 0.3 is 5.97 Å². The van der Waals surface area contributed by atoms with Crippen LogP contribution >= 0.6 is 0 Å². The zero-order valence-electron chi connectivity index (χ0n) is 7.56. The molecule has 0 bridgehead atoms. The lowest BCUT2D eigenvalue weighted by atomic mass is 10.0. The van der Waals surface area contributed by atoms with E-state index in [1.54, 1.807) is 18.2 Å². The number of hydrogen-bond acceptors (Lipinski definition) is 3. The standard InChI is InChI=1S/C10H11NO3/c11-9(10(12)13)7-1-2-8-6(5-7)3-4-14-8/h1-2,5,9H,3-4,11H2,(H,12,13)/t9-/m1/s1. The second kappa shape index (κ2) is 3.31. The zero-order valence-corrected chi connectivity index (χ0v) is 7.56. The molecule has 1 aliphatic heterocycles. The largest absolute Gasteiger partial charge is 0.493 e. The van der Waals surface area contributed by atoms with Crippen molar-refractivity contribution in [1.29, 1.82) is 0 Å². The highest BCUT2D eigenvalue weighted by molar-refractivity contribution is 5.75. The highest BCUT2D eigenvalue weighted by Crippen LogP contribution is 2.27. The summed E-state index contributed by atoms with van der Waals surface area (Å²) in [7, 11) is 0. The molecule has 0 aromatic heterocycles. The third-order valence-electron chi connectivity index (χ3n) is 2.34. The third kappa shape index (κ3) is 1.44. The molecule has 14 heavy (non-hydrogen) atoms. The molecule has 2 rings (SSSR count). The van der Waals surface area contributed by atoms with Crippen LogP contribution in [0.4, 0.5) is 0 Å². The highest BCUT2D eigenvalue weighted by Gasteiger charge is 2.18. The smallest absolute Gasteiger partial charge is 0.325 e. The minimum atomic E-state index is -1.01. The van der Waals surface area contributed by atoms with E-state index in [-0.39, 0.29) is 0 Å². The molecule has 0 unspecified atom stereocenters. The molecule has 74 valence electrons. The summed E-state index contributed by atoms with van der Waals surface area (Å²) in [6.07, 6.45) is 0.829. The third-order valence-corrected chi connectivity index (χ3v) is 2.34. The Bertz CT molecular complexity index is 376. The average molecular weight is 193 g/mol. The number of nitrogens with two attached hydrogens (primary N) is 1. The van der Waals surface area contributed by atoms with Crippen LogP contribution in [0.1, 0.15) is 17.2 Å². The van der Waals surface area contributed by atoms with Crippen molar-refractivity contribution >= 4 is 5.97 Å². The lowest BCUT2D eigenvalue weighted by Gasteiger charge is -2.07. The zero-order chi connectivity index (χ0) is 10.1. The van der Waals surface area contributed by atoms with Crippen molar-refractivity contribution in [2.45, 2.75) is 12.5 Å². The second-order valence-electron chi connectivity index (χ2n) is 3.28. The molecule has 0 spiro atoms. The number of rotatable bonds is 2. The fourth-order valence-electron chi connectivity index (χ4n) is 1.54. The van der Waals surface area contributed by atoms with Gasteiger partial charge in [-0.3, -0.25) is 4.79 Å². The Hall–Kier alpha value is -1.55. The van der Waals surface area contributed by atoms with E-state index >= 15 is 0 Å². The van der Waals surface area contributed by atoms with Crippen LogP contribution in [-0.2, 0) is 11.2 Å². The van der Waals surface area contributed by atoms with Crippen LogP contribution in [0.25, 0.3) is 0 Å². The summed E-state index contributed by atoms with van der Waals surface area (Å²) in [6.45, 7) is 0.668. The van der Waals surface area contributed by atoms with Gasteiger partial charge in [0.2, 0.25) is 0 Å². The van der Waals surface area contributed by atoms with Crippen LogP contribution in [0.3, 0.4) is 0 Å². The fraction of sp³-hybridized carbons (Fsp3) is 0.300. The number of carboxylic acid groups (broad SMARTS) is 1. The molecular weight excluding hydrogens is 182 g/mol. The van der Waals surface area contributed by atoms with Gasteiger partial charge in [0.15, 0.2) is 0 Å². The normalized spacial score (nSPS) is 15.8. The van der Waals surface area contributed by atoms with Crippen molar-refractivity contribution in [3.8, 4) is 5.75 Å². The Labute approximate surface area is 81.3 Å². The number of fused-ring (bicyclic) bond motifs is 1. The fourth-order valence-corrected chi connectivity index (χ4v) is 1.54. The van der Waals surface area contributed by atoms with Gasteiger partial charge in [-0.05, 0) is 23.3 Å². The van der Waals surface area contributed by atoms with E-state index in [9.17, 15) is 4.79 Å². The highest BCUT2D eigenvalue weighted by atomic mass is 16.5. The monoisotopic (exact) mass is 193 g/mol. The molecule has 0 saturated carbocycles. The molecule has 1 heterocycles. The van der Waals surface area contributed by atoms with Gasteiger partial charge in [-0.2, -0.15) is 0 Å². The van der Waals surface area contributed by atoms with Crippen LogP contribution in [0.15, 0.2) is 18.2 Å². The van der Waals surface area contributed by atoms with Crippen molar-refractivity contribution in [3.63, 3.8) is 0 Å². The summed E-state index contributed by atoms with van der Waals surface area (Å²) >= 11 is 0. The van der Waals surface area contributed by atoms with E-state index in [0.29, 0.717) is 12.2 Å².